The summed E-state index contributed by atoms with van der Waals surface area (Å²) >= 11 is 3.34. The van der Waals surface area contributed by atoms with E-state index < -0.39 is 0 Å². The van der Waals surface area contributed by atoms with Crippen LogP contribution >= 0.6 is 15.9 Å². The average molecular weight is 316 g/mol. The van der Waals surface area contributed by atoms with Crippen molar-refractivity contribution in [3.05, 3.63) is 34.1 Å². The lowest BCUT2D eigenvalue weighted by atomic mass is 9.94. The van der Waals surface area contributed by atoms with E-state index in [0.717, 1.165) is 24.9 Å². The normalized spacial score (nSPS) is 13.0. The topological polar surface area (TPSA) is 12.0 Å². The summed E-state index contributed by atoms with van der Waals surface area (Å²) in [5.74, 6) is 0.398. The molecule has 1 N–H and O–H groups in total. The van der Waals surface area contributed by atoms with E-state index in [4.69, 9.17) is 0 Å². The minimum Gasteiger partial charge on any atom is -0.314 e. The van der Waals surface area contributed by atoms with Crippen LogP contribution in [0.25, 0.3) is 0 Å². The zero-order valence-corrected chi connectivity index (χ0v) is 13.1. The fourth-order valence-corrected chi connectivity index (χ4v) is 2.53. The maximum absolute atomic E-state index is 13.5. The Balaban J connectivity index is 2.67. The van der Waals surface area contributed by atoms with Crippen LogP contribution in [0, 0.1) is 11.7 Å². The van der Waals surface area contributed by atoms with Crippen LogP contribution in [-0.4, -0.2) is 12.6 Å². The van der Waals surface area contributed by atoms with E-state index in [2.05, 4.69) is 42.0 Å². The molecule has 1 aromatic carbocycles. The van der Waals surface area contributed by atoms with Crippen LogP contribution in [0.3, 0.4) is 0 Å². The monoisotopic (exact) mass is 315 g/mol. The Morgan fingerprint density at radius 2 is 2.06 bits per heavy atom. The molecule has 3 heteroatoms. The number of benzene rings is 1. The molecule has 0 fully saturated rings. The molecule has 1 nitrogen and oxygen atoms in total. The Kier molecular flexibility index (Phi) is 6.87. The Bertz CT molecular complexity index is 366. The van der Waals surface area contributed by atoms with Crippen molar-refractivity contribution in [2.45, 2.75) is 46.1 Å². The van der Waals surface area contributed by atoms with Gasteiger partial charge in [-0.05, 0) is 52.9 Å². The maximum Gasteiger partial charge on any atom is 0.137 e. The van der Waals surface area contributed by atoms with E-state index in [0.29, 0.717) is 16.4 Å². The zero-order valence-electron chi connectivity index (χ0n) is 11.5. The molecule has 0 spiro atoms. The average Bonchev–Trinajstić information content (AvgIpc) is 2.32. The molecular weight excluding hydrogens is 293 g/mol. The molecule has 0 aliphatic carbocycles. The molecule has 0 aliphatic rings. The van der Waals surface area contributed by atoms with Gasteiger partial charge in [0, 0.05) is 6.04 Å². The Hall–Kier alpha value is -0.410. The van der Waals surface area contributed by atoms with Gasteiger partial charge in [-0.1, -0.05) is 39.3 Å². The fraction of sp³-hybridized carbons (Fsp3) is 0.600. The lowest BCUT2D eigenvalue weighted by molar-refractivity contribution is 0.417. The van der Waals surface area contributed by atoms with E-state index >= 15 is 0 Å². The van der Waals surface area contributed by atoms with Gasteiger partial charge in [0.1, 0.15) is 5.82 Å². The lowest BCUT2D eigenvalue weighted by Crippen LogP contribution is -2.30. The zero-order chi connectivity index (χ0) is 13.5. The predicted molar refractivity (Wildman–Crippen MR) is 79.3 cm³/mol. The van der Waals surface area contributed by atoms with E-state index in [1.165, 1.54) is 12.5 Å². The van der Waals surface area contributed by atoms with Crippen molar-refractivity contribution in [1.29, 1.82) is 0 Å². The SMILES string of the molecule is CCCC(CNC(C)C)Cc1cccc(F)c1Br. The van der Waals surface area contributed by atoms with Gasteiger partial charge in [0.05, 0.1) is 4.47 Å². The summed E-state index contributed by atoms with van der Waals surface area (Å²) in [5.41, 5.74) is 1.07. The second-order valence-electron chi connectivity index (χ2n) is 5.13. The Morgan fingerprint density at radius 3 is 2.67 bits per heavy atom. The molecule has 102 valence electrons. The van der Waals surface area contributed by atoms with Gasteiger partial charge >= 0.3 is 0 Å². The molecule has 0 bridgehead atoms. The highest BCUT2D eigenvalue weighted by Gasteiger charge is 2.13. The summed E-state index contributed by atoms with van der Waals surface area (Å²) in [6, 6.07) is 5.79. The predicted octanol–water partition coefficient (Wildman–Crippen LogP) is 4.55. The fourth-order valence-electron chi connectivity index (χ4n) is 2.10. The van der Waals surface area contributed by atoms with Gasteiger partial charge in [0.25, 0.3) is 0 Å². The van der Waals surface area contributed by atoms with Gasteiger partial charge in [-0.15, -0.1) is 0 Å². The van der Waals surface area contributed by atoms with Crippen molar-refractivity contribution < 1.29 is 4.39 Å². The van der Waals surface area contributed by atoms with Crippen molar-refractivity contribution >= 4 is 15.9 Å². The van der Waals surface area contributed by atoms with E-state index in [9.17, 15) is 4.39 Å². The third-order valence-corrected chi connectivity index (χ3v) is 3.94. The van der Waals surface area contributed by atoms with Crippen molar-refractivity contribution in [1.82, 2.24) is 5.32 Å². The van der Waals surface area contributed by atoms with Gasteiger partial charge in [-0.3, -0.25) is 0 Å². The number of rotatable bonds is 7. The van der Waals surface area contributed by atoms with Crippen LogP contribution in [0.2, 0.25) is 0 Å². The molecule has 0 heterocycles. The minimum atomic E-state index is -0.167. The molecule has 18 heavy (non-hydrogen) atoms. The highest BCUT2D eigenvalue weighted by atomic mass is 79.9. The molecule has 1 unspecified atom stereocenters. The van der Waals surface area contributed by atoms with Gasteiger partial charge < -0.3 is 5.32 Å². The molecule has 0 saturated carbocycles. The summed E-state index contributed by atoms with van der Waals surface area (Å²) < 4.78 is 14.1. The van der Waals surface area contributed by atoms with Crippen molar-refractivity contribution in [2.75, 3.05) is 6.54 Å². The Morgan fingerprint density at radius 1 is 1.33 bits per heavy atom. The maximum atomic E-state index is 13.5. The van der Waals surface area contributed by atoms with Crippen molar-refractivity contribution in [2.24, 2.45) is 5.92 Å². The van der Waals surface area contributed by atoms with Crippen LogP contribution in [0.5, 0.6) is 0 Å². The summed E-state index contributed by atoms with van der Waals surface area (Å²) in [7, 11) is 0. The van der Waals surface area contributed by atoms with Gasteiger partial charge in [0.15, 0.2) is 0 Å². The number of hydrogen-bond donors (Lipinski definition) is 1. The van der Waals surface area contributed by atoms with Crippen LogP contribution in [0.1, 0.15) is 39.2 Å². The molecule has 1 rings (SSSR count). The highest BCUT2D eigenvalue weighted by molar-refractivity contribution is 9.10. The molecule has 1 atom stereocenters. The quantitative estimate of drug-likeness (QED) is 0.778. The molecule has 0 amide bonds. The molecular formula is C15H23BrFN. The smallest absolute Gasteiger partial charge is 0.137 e. The van der Waals surface area contributed by atoms with Crippen LogP contribution in [0.15, 0.2) is 22.7 Å². The van der Waals surface area contributed by atoms with Crippen molar-refractivity contribution in [3.63, 3.8) is 0 Å². The lowest BCUT2D eigenvalue weighted by Gasteiger charge is -2.19. The molecule has 0 saturated heterocycles. The van der Waals surface area contributed by atoms with Gasteiger partial charge in [0.2, 0.25) is 0 Å². The molecule has 0 radical (unpaired) electrons. The Labute approximate surface area is 118 Å². The van der Waals surface area contributed by atoms with Crippen LogP contribution in [-0.2, 0) is 6.42 Å². The third-order valence-electron chi connectivity index (χ3n) is 3.05. The number of nitrogens with one attached hydrogen (secondary N) is 1. The second kappa shape index (κ2) is 7.90. The van der Waals surface area contributed by atoms with Gasteiger partial charge in [-0.2, -0.15) is 0 Å². The van der Waals surface area contributed by atoms with Crippen LogP contribution < -0.4 is 5.32 Å². The summed E-state index contributed by atoms with van der Waals surface area (Å²) in [5, 5.41) is 3.48. The number of halogens is 2. The van der Waals surface area contributed by atoms with E-state index in [1.54, 1.807) is 6.07 Å². The van der Waals surface area contributed by atoms with Crippen molar-refractivity contribution in [3.8, 4) is 0 Å². The van der Waals surface area contributed by atoms with E-state index in [1.807, 2.05) is 6.07 Å². The summed E-state index contributed by atoms with van der Waals surface area (Å²) in [6.45, 7) is 7.50. The molecule has 1 aromatic rings. The third kappa shape index (κ3) is 5.07. The van der Waals surface area contributed by atoms with Crippen LogP contribution in [0.4, 0.5) is 4.39 Å². The second-order valence-corrected chi connectivity index (χ2v) is 5.93. The number of hydrogen-bond acceptors (Lipinski definition) is 1. The highest BCUT2D eigenvalue weighted by Crippen LogP contribution is 2.24. The summed E-state index contributed by atoms with van der Waals surface area (Å²) in [6.07, 6.45) is 3.26. The summed E-state index contributed by atoms with van der Waals surface area (Å²) in [4.78, 5) is 0. The standard InChI is InChI=1S/C15H23BrFN/c1-4-6-12(10-18-11(2)3)9-13-7-5-8-14(17)15(13)16/h5,7-8,11-12,18H,4,6,9-10H2,1-3H3. The molecule has 0 aliphatic heterocycles. The minimum absolute atomic E-state index is 0.167. The first kappa shape index (κ1) is 15.6. The first-order valence-electron chi connectivity index (χ1n) is 6.70. The van der Waals surface area contributed by atoms with Gasteiger partial charge in [-0.25, -0.2) is 4.39 Å². The first-order chi connectivity index (χ1) is 8.54. The first-order valence-corrected chi connectivity index (χ1v) is 7.50. The largest absolute Gasteiger partial charge is 0.314 e. The molecule has 0 aromatic heterocycles. The van der Waals surface area contributed by atoms with E-state index in [-0.39, 0.29) is 5.82 Å².